The second kappa shape index (κ2) is 12.6. The Balaban J connectivity index is 1.52. The molecule has 7 heteroatoms. The first-order valence-electron chi connectivity index (χ1n) is 13.3. The van der Waals surface area contributed by atoms with Gasteiger partial charge in [0, 0.05) is 26.3 Å². The fourth-order valence-corrected chi connectivity index (χ4v) is 5.06. The molecule has 0 aliphatic carbocycles. The van der Waals surface area contributed by atoms with Crippen LogP contribution in [0.2, 0.25) is 0 Å². The molecule has 3 aromatic rings. The highest BCUT2D eigenvalue weighted by Crippen LogP contribution is 2.33. The van der Waals surface area contributed by atoms with Crippen LogP contribution in [0, 0.1) is 11.3 Å². The highest BCUT2D eigenvalue weighted by Gasteiger charge is 2.28. The van der Waals surface area contributed by atoms with Crippen molar-refractivity contribution in [3.8, 4) is 17.6 Å². The van der Waals surface area contributed by atoms with Crippen molar-refractivity contribution in [3.63, 3.8) is 0 Å². The number of nitrogens with two attached hydrogens (primary N) is 1. The van der Waals surface area contributed by atoms with Crippen molar-refractivity contribution in [2.75, 3.05) is 13.1 Å². The molecule has 2 unspecified atom stereocenters. The van der Waals surface area contributed by atoms with E-state index in [4.69, 9.17) is 10.5 Å². The summed E-state index contributed by atoms with van der Waals surface area (Å²) in [4.78, 5) is 19.6. The number of aryl methyl sites for hydroxylation is 1. The van der Waals surface area contributed by atoms with E-state index in [2.05, 4.69) is 18.0 Å². The lowest BCUT2D eigenvalue weighted by atomic mass is 9.93. The maximum Gasteiger partial charge on any atom is 0.230 e. The van der Waals surface area contributed by atoms with Crippen molar-refractivity contribution in [2.45, 2.75) is 63.8 Å². The van der Waals surface area contributed by atoms with Crippen LogP contribution in [0.4, 0.5) is 0 Å². The van der Waals surface area contributed by atoms with Gasteiger partial charge in [-0.15, -0.1) is 0 Å². The van der Waals surface area contributed by atoms with Crippen molar-refractivity contribution >= 4 is 5.91 Å². The van der Waals surface area contributed by atoms with E-state index in [1.807, 2.05) is 52.9 Å². The number of unbranched alkanes of at least 4 members (excludes halogenated alkanes) is 2. The molecule has 2 atom stereocenters. The molecule has 1 saturated heterocycles. The molecule has 37 heavy (non-hydrogen) atoms. The average molecular weight is 500 g/mol. The minimum Gasteiger partial charge on any atom is -0.456 e. The summed E-state index contributed by atoms with van der Waals surface area (Å²) in [5.41, 5.74) is 9.76. The van der Waals surface area contributed by atoms with Crippen LogP contribution in [0.15, 0.2) is 55.0 Å². The lowest BCUT2D eigenvalue weighted by Crippen LogP contribution is -2.35. The van der Waals surface area contributed by atoms with E-state index in [0.717, 1.165) is 68.4 Å². The number of benzene rings is 2. The number of aromatic nitrogens is 2. The molecule has 0 radical (unpaired) electrons. The number of amides is 1. The average Bonchev–Trinajstić information content (AvgIpc) is 3.25. The first-order chi connectivity index (χ1) is 18.0. The lowest BCUT2D eigenvalue weighted by Gasteiger charge is -2.25. The third-order valence-electron chi connectivity index (χ3n) is 7.16. The number of likely N-dealkylation sites (tertiary alicyclic amines) is 1. The first kappa shape index (κ1) is 26.4. The minimum absolute atomic E-state index is 0.161. The maximum atomic E-state index is 13.4. The molecule has 0 bridgehead atoms. The number of carbonyl (C=O) groups excluding carboxylic acids is 1. The summed E-state index contributed by atoms with van der Waals surface area (Å²) in [5.74, 6) is 1.17. The molecule has 7 nitrogen and oxygen atoms in total. The van der Waals surface area contributed by atoms with E-state index < -0.39 is 0 Å². The highest BCUT2D eigenvalue weighted by atomic mass is 16.5. The Bertz CT molecular complexity index is 1240. The Labute approximate surface area is 219 Å². The normalized spacial score (nSPS) is 16.8. The fourth-order valence-electron chi connectivity index (χ4n) is 5.06. The Morgan fingerprint density at radius 3 is 2.84 bits per heavy atom. The minimum atomic E-state index is -0.224. The molecule has 1 aliphatic rings. The van der Waals surface area contributed by atoms with Crippen molar-refractivity contribution in [3.05, 3.63) is 77.4 Å². The van der Waals surface area contributed by atoms with Crippen molar-refractivity contribution in [1.82, 2.24) is 14.5 Å². The van der Waals surface area contributed by atoms with E-state index in [9.17, 15) is 10.1 Å². The van der Waals surface area contributed by atoms with Crippen molar-refractivity contribution < 1.29 is 9.53 Å². The van der Waals surface area contributed by atoms with Crippen LogP contribution in [0.5, 0.6) is 11.5 Å². The standard InChI is InChI=1S/C30H37N5O2/c1-3-4-6-14-35-15-7-5-11-26(30(35)36)23-9-8-10-25(18-23)37-29-17-22(12-13-24(29)19-31)16-27(32)28-20-33-21-34(28)2/h8-10,12-13,17-18,20-21,26-27H,3-7,11,14-16,32H2,1-2H3. The van der Waals surface area contributed by atoms with E-state index >= 15 is 0 Å². The number of ether oxygens (including phenoxy) is 1. The van der Waals surface area contributed by atoms with Gasteiger partial charge >= 0.3 is 0 Å². The summed E-state index contributed by atoms with van der Waals surface area (Å²) in [6.07, 6.45) is 10.4. The smallest absolute Gasteiger partial charge is 0.230 e. The number of hydrogen-bond donors (Lipinski definition) is 1. The number of imidazole rings is 1. The van der Waals surface area contributed by atoms with Crippen LogP contribution in [0.3, 0.4) is 0 Å². The molecule has 2 heterocycles. The second-order valence-corrected chi connectivity index (χ2v) is 9.94. The predicted octanol–water partition coefficient (Wildman–Crippen LogP) is 5.61. The van der Waals surface area contributed by atoms with Gasteiger partial charge in [-0.1, -0.05) is 44.4 Å². The summed E-state index contributed by atoms with van der Waals surface area (Å²) in [6.45, 7) is 3.86. The Morgan fingerprint density at radius 1 is 1.22 bits per heavy atom. The Hall–Kier alpha value is -3.63. The molecule has 1 amide bonds. The predicted molar refractivity (Wildman–Crippen MR) is 144 cm³/mol. The molecule has 1 aromatic heterocycles. The molecule has 2 aromatic carbocycles. The van der Waals surface area contributed by atoms with Gasteiger partial charge in [0.05, 0.1) is 29.5 Å². The fraction of sp³-hybridized carbons (Fsp3) is 0.433. The Morgan fingerprint density at radius 2 is 2.08 bits per heavy atom. The van der Waals surface area contributed by atoms with Gasteiger partial charge in [-0.05, 0) is 61.1 Å². The van der Waals surface area contributed by atoms with Gasteiger partial charge in [-0.3, -0.25) is 4.79 Å². The van der Waals surface area contributed by atoms with Crippen LogP contribution < -0.4 is 10.5 Å². The van der Waals surface area contributed by atoms with Gasteiger partial charge in [0.1, 0.15) is 17.6 Å². The number of rotatable bonds is 10. The molecular weight excluding hydrogens is 462 g/mol. The number of nitriles is 1. The Kier molecular flexibility index (Phi) is 8.97. The van der Waals surface area contributed by atoms with Crippen LogP contribution in [0.1, 0.15) is 79.8 Å². The number of carbonyl (C=O) groups is 1. The zero-order valence-electron chi connectivity index (χ0n) is 21.9. The zero-order chi connectivity index (χ0) is 26.2. The topological polar surface area (TPSA) is 97.2 Å². The molecule has 194 valence electrons. The van der Waals surface area contributed by atoms with E-state index in [1.165, 1.54) is 0 Å². The van der Waals surface area contributed by atoms with Gasteiger partial charge in [0.2, 0.25) is 5.91 Å². The molecule has 1 fully saturated rings. The third-order valence-corrected chi connectivity index (χ3v) is 7.16. The second-order valence-electron chi connectivity index (χ2n) is 9.94. The quantitative estimate of drug-likeness (QED) is 0.366. The summed E-state index contributed by atoms with van der Waals surface area (Å²) < 4.78 is 8.15. The lowest BCUT2D eigenvalue weighted by molar-refractivity contribution is -0.132. The number of hydrogen-bond acceptors (Lipinski definition) is 5. The number of nitrogens with zero attached hydrogens (tertiary/aromatic N) is 4. The van der Waals surface area contributed by atoms with E-state index in [1.54, 1.807) is 18.6 Å². The highest BCUT2D eigenvalue weighted by molar-refractivity contribution is 5.84. The summed E-state index contributed by atoms with van der Waals surface area (Å²) >= 11 is 0. The molecule has 2 N–H and O–H groups in total. The van der Waals surface area contributed by atoms with Gasteiger partial charge in [0.15, 0.2) is 0 Å². The maximum absolute atomic E-state index is 13.4. The van der Waals surface area contributed by atoms with Crippen LogP contribution in [0.25, 0.3) is 0 Å². The monoisotopic (exact) mass is 499 g/mol. The van der Waals surface area contributed by atoms with Gasteiger partial charge in [0.25, 0.3) is 0 Å². The molecule has 0 spiro atoms. The van der Waals surface area contributed by atoms with Gasteiger partial charge in [-0.25, -0.2) is 4.98 Å². The van der Waals surface area contributed by atoms with Crippen molar-refractivity contribution in [1.29, 1.82) is 5.26 Å². The SMILES string of the molecule is CCCCCN1CCCCC(c2cccc(Oc3cc(CC(N)c4cncn4C)ccc3C#N)c2)C1=O. The zero-order valence-corrected chi connectivity index (χ0v) is 21.9. The molecule has 0 saturated carbocycles. The van der Waals surface area contributed by atoms with Gasteiger partial charge < -0.3 is 19.9 Å². The summed E-state index contributed by atoms with van der Waals surface area (Å²) in [7, 11) is 1.92. The summed E-state index contributed by atoms with van der Waals surface area (Å²) in [5, 5.41) is 9.68. The van der Waals surface area contributed by atoms with Gasteiger partial charge in [-0.2, -0.15) is 5.26 Å². The first-order valence-corrected chi connectivity index (χ1v) is 13.3. The molecule has 1 aliphatic heterocycles. The molecule has 4 rings (SSSR count). The molecular formula is C30H37N5O2. The van der Waals surface area contributed by atoms with Crippen LogP contribution >= 0.6 is 0 Å². The van der Waals surface area contributed by atoms with Crippen LogP contribution in [-0.2, 0) is 18.3 Å². The van der Waals surface area contributed by atoms with Crippen LogP contribution in [-0.4, -0.2) is 33.4 Å². The van der Waals surface area contributed by atoms with Crippen molar-refractivity contribution in [2.24, 2.45) is 12.8 Å². The summed E-state index contributed by atoms with van der Waals surface area (Å²) in [6, 6.07) is 15.3. The van der Waals surface area contributed by atoms with E-state index in [0.29, 0.717) is 23.5 Å². The largest absolute Gasteiger partial charge is 0.456 e. The van der Waals surface area contributed by atoms with E-state index in [-0.39, 0.29) is 17.9 Å². The third kappa shape index (κ3) is 6.58.